The summed E-state index contributed by atoms with van der Waals surface area (Å²) in [6.45, 7) is 2.59. The predicted molar refractivity (Wildman–Crippen MR) is 71.0 cm³/mol. The van der Waals surface area contributed by atoms with E-state index in [1.54, 1.807) is 10.9 Å². The normalized spacial score (nSPS) is 16.5. The first-order valence-electron chi connectivity index (χ1n) is 6.18. The fourth-order valence-electron chi connectivity index (χ4n) is 2.30. The number of aromatic nitrogens is 2. The van der Waals surface area contributed by atoms with E-state index >= 15 is 0 Å². The first-order chi connectivity index (χ1) is 8.27. The summed E-state index contributed by atoms with van der Waals surface area (Å²) in [5.74, 6) is 0.840. The monoisotopic (exact) mass is 299 g/mol. The highest BCUT2D eigenvalue weighted by molar-refractivity contribution is 9.10. The lowest BCUT2D eigenvalue weighted by Crippen LogP contribution is -2.29. The first-order valence-corrected chi connectivity index (χ1v) is 6.97. The molecule has 1 aromatic rings. The summed E-state index contributed by atoms with van der Waals surface area (Å²) in [4.78, 5) is 15.7. The molecule has 2 rings (SSSR count). The van der Waals surface area contributed by atoms with Crippen LogP contribution in [0.5, 0.6) is 0 Å². The van der Waals surface area contributed by atoms with Crippen LogP contribution < -0.4 is 10.9 Å². The number of rotatable bonds is 5. The summed E-state index contributed by atoms with van der Waals surface area (Å²) >= 11 is 3.19. The van der Waals surface area contributed by atoms with Gasteiger partial charge < -0.3 is 5.32 Å². The number of halogens is 1. The van der Waals surface area contributed by atoms with Crippen LogP contribution in [0.2, 0.25) is 0 Å². The van der Waals surface area contributed by atoms with Gasteiger partial charge in [-0.05, 0) is 41.2 Å². The van der Waals surface area contributed by atoms with Crippen molar-refractivity contribution in [1.82, 2.24) is 14.9 Å². The second-order valence-electron chi connectivity index (χ2n) is 4.59. The maximum Gasteiger partial charge on any atom is 0.267 e. The van der Waals surface area contributed by atoms with Crippen molar-refractivity contribution in [2.45, 2.75) is 32.2 Å². The number of hydrogen-bond donors (Lipinski definition) is 1. The summed E-state index contributed by atoms with van der Waals surface area (Å²) in [6.07, 6.45) is 8.58. The average molecular weight is 300 g/mol. The van der Waals surface area contributed by atoms with E-state index in [1.165, 1.54) is 31.9 Å². The lowest BCUT2D eigenvalue weighted by molar-refractivity contribution is 0.472. The molecule has 1 aliphatic rings. The molecule has 0 spiro atoms. The van der Waals surface area contributed by atoms with Crippen LogP contribution in [-0.4, -0.2) is 22.6 Å². The molecule has 0 aromatic carbocycles. The molecule has 5 heteroatoms. The van der Waals surface area contributed by atoms with Crippen LogP contribution in [0, 0.1) is 5.92 Å². The van der Waals surface area contributed by atoms with Gasteiger partial charge in [0.2, 0.25) is 0 Å². The lowest BCUT2D eigenvalue weighted by Gasteiger charge is -2.11. The molecule has 1 saturated carbocycles. The van der Waals surface area contributed by atoms with Gasteiger partial charge in [-0.15, -0.1) is 0 Å². The second-order valence-corrected chi connectivity index (χ2v) is 5.45. The Labute approximate surface area is 110 Å². The van der Waals surface area contributed by atoms with E-state index in [4.69, 9.17) is 0 Å². The zero-order chi connectivity index (χ0) is 12.1. The lowest BCUT2D eigenvalue weighted by atomic mass is 10.1. The largest absolute Gasteiger partial charge is 0.315 e. The van der Waals surface area contributed by atoms with Crippen molar-refractivity contribution in [3.8, 4) is 0 Å². The molecule has 0 unspecified atom stereocenters. The SMILES string of the molecule is O=c1c(Br)cncn1CCNCC1CCCC1. The molecule has 0 amide bonds. The minimum absolute atomic E-state index is 0.0114. The van der Waals surface area contributed by atoms with Gasteiger partial charge in [0.15, 0.2) is 0 Å². The van der Waals surface area contributed by atoms with Gasteiger partial charge in [0.05, 0.1) is 6.33 Å². The van der Waals surface area contributed by atoms with Crippen LogP contribution in [0.4, 0.5) is 0 Å². The van der Waals surface area contributed by atoms with Gasteiger partial charge in [-0.3, -0.25) is 9.36 Å². The Morgan fingerprint density at radius 3 is 3.00 bits per heavy atom. The van der Waals surface area contributed by atoms with Crippen molar-refractivity contribution in [1.29, 1.82) is 0 Å². The van der Waals surface area contributed by atoms with Gasteiger partial charge in [0.25, 0.3) is 5.56 Å². The quantitative estimate of drug-likeness (QED) is 0.843. The Morgan fingerprint density at radius 1 is 1.47 bits per heavy atom. The van der Waals surface area contributed by atoms with Crippen molar-refractivity contribution in [3.05, 3.63) is 27.4 Å². The van der Waals surface area contributed by atoms with E-state index in [9.17, 15) is 4.79 Å². The van der Waals surface area contributed by atoms with E-state index in [0.29, 0.717) is 11.0 Å². The minimum Gasteiger partial charge on any atom is -0.315 e. The topological polar surface area (TPSA) is 46.9 Å². The molecule has 1 fully saturated rings. The zero-order valence-corrected chi connectivity index (χ0v) is 11.4. The highest BCUT2D eigenvalue weighted by atomic mass is 79.9. The molecule has 0 saturated heterocycles. The van der Waals surface area contributed by atoms with Crippen molar-refractivity contribution in [2.24, 2.45) is 5.92 Å². The van der Waals surface area contributed by atoms with Gasteiger partial charge in [0, 0.05) is 19.3 Å². The van der Waals surface area contributed by atoms with Gasteiger partial charge in [-0.2, -0.15) is 0 Å². The molecule has 4 nitrogen and oxygen atoms in total. The standard InChI is InChI=1S/C12H18BrN3O/c13-11-8-15-9-16(12(11)17)6-5-14-7-10-3-1-2-4-10/h8-10,14H,1-7H2. The zero-order valence-electron chi connectivity index (χ0n) is 9.86. The maximum absolute atomic E-state index is 11.7. The molecule has 1 heterocycles. The van der Waals surface area contributed by atoms with Crippen molar-refractivity contribution in [2.75, 3.05) is 13.1 Å². The molecule has 1 aliphatic carbocycles. The summed E-state index contributed by atoms with van der Waals surface area (Å²) in [6, 6.07) is 0. The third-order valence-electron chi connectivity index (χ3n) is 3.30. The smallest absolute Gasteiger partial charge is 0.267 e. The summed E-state index contributed by atoms with van der Waals surface area (Å²) in [5.41, 5.74) is -0.0114. The van der Waals surface area contributed by atoms with Crippen LogP contribution in [0.25, 0.3) is 0 Å². The molecule has 17 heavy (non-hydrogen) atoms. The van der Waals surface area contributed by atoms with Crippen molar-refractivity contribution >= 4 is 15.9 Å². The van der Waals surface area contributed by atoms with E-state index in [2.05, 4.69) is 26.2 Å². The molecular weight excluding hydrogens is 282 g/mol. The number of hydrogen-bond acceptors (Lipinski definition) is 3. The Morgan fingerprint density at radius 2 is 2.24 bits per heavy atom. The fourth-order valence-corrected chi connectivity index (χ4v) is 2.65. The molecule has 0 aliphatic heterocycles. The Balaban J connectivity index is 1.74. The Kier molecular flexibility index (Phi) is 4.74. The van der Waals surface area contributed by atoms with Gasteiger partial charge in [0.1, 0.15) is 4.47 Å². The first kappa shape index (κ1) is 12.8. The number of nitrogens with zero attached hydrogens (tertiary/aromatic N) is 2. The molecule has 1 aromatic heterocycles. The third-order valence-corrected chi connectivity index (χ3v) is 3.84. The van der Waals surface area contributed by atoms with Crippen LogP contribution >= 0.6 is 15.9 Å². The van der Waals surface area contributed by atoms with E-state index in [-0.39, 0.29) is 5.56 Å². The summed E-state index contributed by atoms with van der Waals surface area (Å²) in [5, 5.41) is 3.42. The van der Waals surface area contributed by atoms with Crippen LogP contribution in [0.3, 0.4) is 0 Å². The van der Waals surface area contributed by atoms with E-state index < -0.39 is 0 Å². The second kappa shape index (κ2) is 6.31. The maximum atomic E-state index is 11.7. The molecule has 94 valence electrons. The minimum atomic E-state index is -0.0114. The summed E-state index contributed by atoms with van der Waals surface area (Å²) < 4.78 is 2.15. The van der Waals surface area contributed by atoms with Crippen LogP contribution in [0.1, 0.15) is 25.7 Å². The fraction of sp³-hybridized carbons (Fsp3) is 0.667. The average Bonchev–Trinajstić information content (AvgIpc) is 2.83. The van der Waals surface area contributed by atoms with E-state index in [1.807, 2.05) is 0 Å². The molecular formula is C12H18BrN3O. The third kappa shape index (κ3) is 3.64. The van der Waals surface area contributed by atoms with Gasteiger partial charge >= 0.3 is 0 Å². The molecule has 0 radical (unpaired) electrons. The van der Waals surface area contributed by atoms with E-state index in [0.717, 1.165) is 19.0 Å². The van der Waals surface area contributed by atoms with Crippen LogP contribution in [0.15, 0.2) is 21.8 Å². The Bertz CT molecular complexity index is 412. The molecule has 0 atom stereocenters. The van der Waals surface area contributed by atoms with Crippen molar-refractivity contribution in [3.63, 3.8) is 0 Å². The van der Waals surface area contributed by atoms with Crippen LogP contribution in [-0.2, 0) is 6.54 Å². The Hall–Kier alpha value is -0.680. The predicted octanol–water partition coefficient (Wildman–Crippen LogP) is 1.79. The number of nitrogens with one attached hydrogen (secondary N) is 1. The van der Waals surface area contributed by atoms with Gasteiger partial charge in [-0.1, -0.05) is 12.8 Å². The van der Waals surface area contributed by atoms with Crippen molar-refractivity contribution < 1.29 is 0 Å². The van der Waals surface area contributed by atoms with Gasteiger partial charge in [-0.25, -0.2) is 4.98 Å². The highest BCUT2D eigenvalue weighted by Gasteiger charge is 2.13. The molecule has 0 bridgehead atoms. The summed E-state index contributed by atoms with van der Waals surface area (Å²) in [7, 11) is 0. The highest BCUT2D eigenvalue weighted by Crippen LogP contribution is 2.23. The molecule has 1 N–H and O–H groups in total.